The van der Waals surface area contributed by atoms with Gasteiger partial charge in [-0.1, -0.05) is 12.1 Å². The Morgan fingerprint density at radius 2 is 1.92 bits per heavy atom. The standard InChI is InChI=1S/C15H13N5O4.Na/c21-12(19-11-4-1-9(2-5-11)14(22)23)6-3-10-7-18-20-13(10)16-8-17-15(20)24;/h1-2,4-5,7-8,18H,3,6H2,(H,19,21)(H,22,23);/q;+1/p-1. The van der Waals surface area contributed by atoms with Crippen LogP contribution < -0.4 is 45.7 Å². The maximum Gasteiger partial charge on any atom is 1.00 e. The largest absolute Gasteiger partial charge is 1.00 e. The van der Waals surface area contributed by atoms with Gasteiger partial charge < -0.3 is 15.2 Å². The molecule has 0 aliphatic rings. The van der Waals surface area contributed by atoms with Gasteiger partial charge in [-0.15, -0.1) is 0 Å². The van der Waals surface area contributed by atoms with Crippen LogP contribution in [0.2, 0.25) is 0 Å². The van der Waals surface area contributed by atoms with Gasteiger partial charge in [0, 0.05) is 23.9 Å². The molecule has 0 bridgehead atoms. The van der Waals surface area contributed by atoms with Crippen LogP contribution in [-0.2, 0) is 11.2 Å². The molecule has 0 saturated heterocycles. The summed E-state index contributed by atoms with van der Waals surface area (Å²) in [6, 6.07) is 5.69. The minimum Gasteiger partial charge on any atom is -0.545 e. The van der Waals surface area contributed by atoms with E-state index in [9.17, 15) is 19.5 Å². The number of aromatic carboxylic acids is 1. The smallest absolute Gasteiger partial charge is 0.545 e. The Bertz CT molecular complexity index is 964. The predicted octanol–water partition coefficient (Wildman–Crippen LogP) is -3.64. The van der Waals surface area contributed by atoms with Crippen LogP contribution in [0.3, 0.4) is 0 Å². The second kappa shape index (κ2) is 8.06. The first-order valence-electron chi connectivity index (χ1n) is 7.06. The van der Waals surface area contributed by atoms with E-state index in [1.807, 2.05) is 0 Å². The molecule has 0 aliphatic carbocycles. The molecule has 9 nitrogen and oxygen atoms in total. The average molecular weight is 349 g/mol. The minimum absolute atomic E-state index is 0. The van der Waals surface area contributed by atoms with Crippen LogP contribution in [0, 0.1) is 0 Å². The number of H-pyrrole nitrogens is 1. The van der Waals surface area contributed by atoms with Gasteiger partial charge in [-0.25, -0.2) is 9.78 Å². The Morgan fingerprint density at radius 1 is 1.20 bits per heavy atom. The number of nitrogens with one attached hydrogen (secondary N) is 2. The summed E-state index contributed by atoms with van der Waals surface area (Å²) in [5.74, 6) is -1.52. The second-order valence-electron chi connectivity index (χ2n) is 5.03. The maximum atomic E-state index is 12.0. The van der Waals surface area contributed by atoms with Crippen LogP contribution in [0.15, 0.2) is 41.6 Å². The fourth-order valence-electron chi connectivity index (χ4n) is 2.23. The molecule has 0 spiro atoms. The monoisotopic (exact) mass is 349 g/mol. The van der Waals surface area contributed by atoms with E-state index < -0.39 is 11.7 Å². The molecule has 3 aromatic rings. The van der Waals surface area contributed by atoms with Crippen LogP contribution in [0.25, 0.3) is 5.65 Å². The number of rotatable bonds is 5. The summed E-state index contributed by atoms with van der Waals surface area (Å²) in [5.41, 5.74) is 1.21. The summed E-state index contributed by atoms with van der Waals surface area (Å²) < 4.78 is 1.20. The number of anilines is 1. The van der Waals surface area contributed by atoms with Gasteiger partial charge in [0.1, 0.15) is 6.33 Å². The van der Waals surface area contributed by atoms with Gasteiger partial charge in [-0.3, -0.25) is 9.89 Å². The van der Waals surface area contributed by atoms with Crippen LogP contribution in [-0.4, -0.2) is 31.5 Å². The number of carbonyl (C=O) groups excluding carboxylic acids is 2. The van der Waals surface area contributed by atoms with Gasteiger partial charge in [0.2, 0.25) is 5.91 Å². The maximum absolute atomic E-state index is 12.0. The van der Waals surface area contributed by atoms with E-state index in [-0.39, 0.29) is 47.4 Å². The van der Waals surface area contributed by atoms with E-state index in [0.717, 1.165) is 5.56 Å². The molecule has 1 aromatic carbocycles. The van der Waals surface area contributed by atoms with Gasteiger partial charge in [-0.2, -0.15) is 9.50 Å². The van der Waals surface area contributed by atoms with E-state index in [2.05, 4.69) is 20.4 Å². The molecule has 0 atom stereocenters. The zero-order chi connectivity index (χ0) is 17.1. The van der Waals surface area contributed by atoms with Crippen LogP contribution in [0.1, 0.15) is 22.3 Å². The van der Waals surface area contributed by atoms with Crippen molar-refractivity contribution in [3.63, 3.8) is 0 Å². The summed E-state index contributed by atoms with van der Waals surface area (Å²) in [4.78, 5) is 41.7. The molecule has 2 aromatic heterocycles. The van der Waals surface area contributed by atoms with Gasteiger partial charge in [0.05, 0.1) is 5.97 Å². The SMILES string of the molecule is O=C(CCc1c[nH]n2c(=O)ncnc12)Nc1ccc(C(=O)[O-])cc1.[Na+]. The number of aromatic nitrogens is 4. The Labute approximate surface area is 163 Å². The van der Waals surface area contributed by atoms with E-state index >= 15 is 0 Å². The summed E-state index contributed by atoms with van der Waals surface area (Å²) in [7, 11) is 0. The minimum atomic E-state index is -1.27. The van der Waals surface area contributed by atoms with Crippen molar-refractivity contribution < 1.29 is 44.3 Å². The molecule has 1 amide bonds. The van der Waals surface area contributed by atoms with E-state index in [0.29, 0.717) is 17.8 Å². The molecule has 25 heavy (non-hydrogen) atoms. The molecule has 10 heteroatoms. The topological polar surface area (TPSA) is 132 Å². The van der Waals surface area contributed by atoms with Crippen LogP contribution in [0.5, 0.6) is 0 Å². The second-order valence-corrected chi connectivity index (χ2v) is 5.03. The van der Waals surface area contributed by atoms with Crippen molar-refractivity contribution in [2.75, 3.05) is 5.32 Å². The van der Waals surface area contributed by atoms with Gasteiger partial charge >= 0.3 is 35.2 Å². The summed E-state index contributed by atoms with van der Waals surface area (Å²) in [6.07, 6.45) is 3.33. The molecular weight excluding hydrogens is 337 g/mol. The molecule has 0 unspecified atom stereocenters. The first-order valence-corrected chi connectivity index (χ1v) is 7.06. The third kappa shape index (κ3) is 4.32. The van der Waals surface area contributed by atoms with E-state index in [4.69, 9.17) is 0 Å². The van der Waals surface area contributed by atoms with Crippen molar-refractivity contribution >= 4 is 23.2 Å². The van der Waals surface area contributed by atoms with E-state index in [1.54, 1.807) is 6.20 Å². The van der Waals surface area contributed by atoms with Crippen molar-refractivity contribution in [2.24, 2.45) is 0 Å². The van der Waals surface area contributed by atoms with Crippen LogP contribution >= 0.6 is 0 Å². The Balaban J connectivity index is 0.00000225. The first kappa shape index (κ1) is 18.8. The summed E-state index contributed by atoms with van der Waals surface area (Å²) >= 11 is 0. The predicted molar refractivity (Wildman–Crippen MR) is 81.3 cm³/mol. The molecule has 2 N–H and O–H groups in total. The zero-order valence-corrected chi connectivity index (χ0v) is 15.4. The number of hydrogen-bond acceptors (Lipinski definition) is 6. The quantitative estimate of drug-likeness (QED) is 0.457. The number of amides is 1. The van der Waals surface area contributed by atoms with Crippen molar-refractivity contribution in [1.82, 2.24) is 19.6 Å². The number of carbonyl (C=O) groups is 2. The molecule has 0 saturated carbocycles. The summed E-state index contributed by atoms with van der Waals surface area (Å²) in [5, 5.41) is 16.1. The average Bonchev–Trinajstić information content (AvgIpc) is 2.98. The molecule has 3 rings (SSSR count). The normalized spacial score (nSPS) is 10.2. The van der Waals surface area contributed by atoms with Gasteiger partial charge in [0.15, 0.2) is 5.65 Å². The number of fused-ring (bicyclic) bond motifs is 1. The van der Waals surface area contributed by atoms with Gasteiger partial charge in [-0.05, 0) is 24.1 Å². The third-order valence-corrected chi connectivity index (χ3v) is 3.43. The molecule has 2 heterocycles. The molecule has 0 aliphatic heterocycles. The van der Waals surface area contributed by atoms with Gasteiger partial charge in [0.25, 0.3) is 0 Å². The fourth-order valence-corrected chi connectivity index (χ4v) is 2.23. The Morgan fingerprint density at radius 3 is 2.60 bits per heavy atom. The number of hydrogen-bond donors (Lipinski definition) is 2. The Kier molecular flexibility index (Phi) is 6.07. The number of nitrogens with zero attached hydrogens (tertiary/aromatic N) is 3. The van der Waals surface area contributed by atoms with Crippen molar-refractivity contribution in [1.29, 1.82) is 0 Å². The van der Waals surface area contributed by atoms with Crippen molar-refractivity contribution in [3.05, 3.63) is 58.4 Å². The number of carboxylic acid groups (broad SMARTS) is 1. The summed E-state index contributed by atoms with van der Waals surface area (Å²) in [6.45, 7) is 0. The fraction of sp³-hybridized carbons (Fsp3) is 0.133. The number of aromatic amines is 1. The van der Waals surface area contributed by atoms with Crippen molar-refractivity contribution in [2.45, 2.75) is 12.8 Å². The molecule has 122 valence electrons. The number of carboxylic acids is 1. The van der Waals surface area contributed by atoms with Crippen LogP contribution in [0.4, 0.5) is 5.69 Å². The number of benzene rings is 1. The molecular formula is C15H12N5NaO4. The third-order valence-electron chi connectivity index (χ3n) is 3.43. The molecule has 0 radical (unpaired) electrons. The molecule has 0 fully saturated rings. The number of aryl methyl sites for hydroxylation is 1. The Hall–Kier alpha value is -2.49. The van der Waals surface area contributed by atoms with E-state index in [1.165, 1.54) is 35.1 Å². The first-order chi connectivity index (χ1) is 11.5. The zero-order valence-electron chi connectivity index (χ0n) is 13.4. The van der Waals surface area contributed by atoms with Crippen molar-refractivity contribution in [3.8, 4) is 0 Å².